The lowest BCUT2D eigenvalue weighted by Gasteiger charge is -2.29. The van der Waals surface area contributed by atoms with E-state index in [-0.39, 0.29) is 34.8 Å². The van der Waals surface area contributed by atoms with Gasteiger partial charge in [-0.15, -0.1) is 0 Å². The zero-order valence-electron chi connectivity index (χ0n) is 24.1. The molecular weight excluding hydrogens is 534 g/mol. The lowest BCUT2D eigenvalue weighted by molar-refractivity contribution is -0.135. The molecule has 0 fully saturated rings. The first-order valence-electron chi connectivity index (χ1n) is 14.9. The largest absolute Gasteiger partial charge is 0.495 e. The molecule has 0 bridgehead atoms. The molecular formula is C34H35NO7. The zero-order chi connectivity index (χ0) is 29.4. The number of rotatable bonds is 2. The number of ketones is 1. The molecule has 0 radical (unpaired) electrons. The molecule has 2 aromatic carbocycles. The predicted octanol–water partition coefficient (Wildman–Crippen LogP) is 5.88. The minimum Gasteiger partial charge on any atom is -0.495 e. The molecule has 0 amide bonds. The van der Waals surface area contributed by atoms with Crippen LogP contribution < -0.4 is 15.0 Å². The maximum absolute atomic E-state index is 14.0. The van der Waals surface area contributed by atoms with Gasteiger partial charge in [0.1, 0.15) is 22.8 Å². The number of benzene rings is 2. The Morgan fingerprint density at radius 2 is 1.83 bits per heavy atom. The monoisotopic (exact) mass is 569 g/mol. The van der Waals surface area contributed by atoms with E-state index in [2.05, 4.69) is 6.07 Å². The van der Waals surface area contributed by atoms with Gasteiger partial charge in [-0.05, 0) is 74.1 Å². The van der Waals surface area contributed by atoms with Gasteiger partial charge in [-0.3, -0.25) is 14.4 Å². The number of para-hydroxylation sites is 1. The van der Waals surface area contributed by atoms with Crippen molar-refractivity contribution in [1.29, 1.82) is 0 Å². The molecule has 42 heavy (non-hydrogen) atoms. The van der Waals surface area contributed by atoms with Gasteiger partial charge >= 0.3 is 11.9 Å². The maximum Gasteiger partial charge on any atom is 0.342 e. The van der Waals surface area contributed by atoms with Crippen LogP contribution in [0.1, 0.15) is 96.8 Å². The van der Waals surface area contributed by atoms with Crippen molar-refractivity contribution in [3.05, 3.63) is 74.6 Å². The van der Waals surface area contributed by atoms with Crippen LogP contribution in [0.15, 0.2) is 41.2 Å². The molecule has 0 N–H and O–H groups in total. The van der Waals surface area contributed by atoms with Gasteiger partial charge in [-0.2, -0.15) is 0 Å². The number of fused-ring (bicyclic) bond motifs is 2. The Hall–Kier alpha value is -4.20. The number of allylic oxidation sites excluding steroid dienone is 1. The maximum atomic E-state index is 14.0. The number of hydrogen-bond donors (Lipinski definition) is 0. The van der Waals surface area contributed by atoms with Gasteiger partial charge in [-0.25, -0.2) is 4.79 Å². The number of cyclic esters (lactones) is 1. The van der Waals surface area contributed by atoms with E-state index in [0.29, 0.717) is 61.8 Å². The highest BCUT2D eigenvalue weighted by molar-refractivity contribution is 5.99. The molecule has 3 aliphatic heterocycles. The number of carbonyl (C=O) groups is 3. The lowest BCUT2D eigenvalue weighted by atomic mass is 9.83. The number of hydrogen-bond acceptors (Lipinski definition) is 7. The van der Waals surface area contributed by atoms with E-state index >= 15 is 0 Å². The second-order valence-corrected chi connectivity index (χ2v) is 11.5. The summed E-state index contributed by atoms with van der Waals surface area (Å²) >= 11 is 0. The van der Waals surface area contributed by atoms with Gasteiger partial charge in [0.15, 0.2) is 0 Å². The highest BCUT2D eigenvalue weighted by atomic mass is 16.5. The Balaban J connectivity index is 1.53. The molecule has 0 spiro atoms. The van der Waals surface area contributed by atoms with Gasteiger partial charge in [0.2, 0.25) is 0 Å². The summed E-state index contributed by atoms with van der Waals surface area (Å²) in [4.78, 5) is 52.9. The fourth-order valence-electron chi connectivity index (χ4n) is 6.61. The van der Waals surface area contributed by atoms with Crippen LogP contribution in [0.25, 0.3) is 17.0 Å². The van der Waals surface area contributed by atoms with Gasteiger partial charge in [-0.1, -0.05) is 30.4 Å². The Morgan fingerprint density at radius 3 is 2.67 bits per heavy atom. The minimum absolute atomic E-state index is 0.0576. The molecule has 8 nitrogen and oxygen atoms in total. The summed E-state index contributed by atoms with van der Waals surface area (Å²) in [5.74, 6) is -0.961. The summed E-state index contributed by atoms with van der Waals surface area (Å²) in [6, 6.07) is 9.58. The van der Waals surface area contributed by atoms with E-state index in [0.717, 1.165) is 29.3 Å². The average Bonchev–Trinajstić information content (AvgIpc) is 2.97. The molecule has 6 rings (SSSR count). The third kappa shape index (κ3) is 5.14. The van der Waals surface area contributed by atoms with Crippen molar-refractivity contribution in [3.63, 3.8) is 0 Å². The minimum atomic E-state index is -0.666. The second kappa shape index (κ2) is 11.6. The molecule has 8 heteroatoms. The molecule has 4 heterocycles. The second-order valence-electron chi connectivity index (χ2n) is 11.5. The Morgan fingerprint density at radius 1 is 1.00 bits per heavy atom. The molecule has 0 saturated heterocycles. The number of methoxy groups -OCH3 is 1. The summed E-state index contributed by atoms with van der Waals surface area (Å²) in [6.07, 6.45) is 8.54. The van der Waals surface area contributed by atoms with Crippen LogP contribution in [0.2, 0.25) is 0 Å². The molecule has 3 aromatic rings. The number of carbonyl (C=O) groups excluding carboxylic acids is 3. The number of esters is 2. The number of nitrogens with zero attached hydrogens (tertiary/aromatic N) is 1. The van der Waals surface area contributed by atoms with E-state index in [9.17, 15) is 19.2 Å². The molecule has 0 aliphatic carbocycles. The lowest BCUT2D eigenvalue weighted by Crippen LogP contribution is -2.32. The Labute approximate surface area is 244 Å². The van der Waals surface area contributed by atoms with Gasteiger partial charge in [0, 0.05) is 36.4 Å². The van der Waals surface area contributed by atoms with Gasteiger partial charge in [0.25, 0.3) is 5.56 Å². The molecule has 2 atom stereocenters. The summed E-state index contributed by atoms with van der Waals surface area (Å²) in [5, 5.41) is 0.939. The van der Waals surface area contributed by atoms with Crippen LogP contribution in [0.4, 0.5) is 0 Å². The molecule has 0 unspecified atom stereocenters. The van der Waals surface area contributed by atoms with Crippen molar-refractivity contribution in [2.45, 2.75) is 83.3 Å². The van der Waals surface area contributed by atoms with Crippen LogP contribution in [0.3, 0.4) is 0 Å². The first-order chi connectivity index (χ1) is 20.4. The zero-order valence-corrected chi connectivity index (χ0v) is 24.1. The molecule has 3 aliphatic rings. The summed E-state index contributed by atoms with van der Waals surface area (Å²) < 4.78 is 19.3. The third-order valence-corrected chi connectivity index (χ3v) is 8.59. The van der Waals surface area contributed by atoms with E-state index in [1.807, 2.05) is 35.8 Å². The highest BCUT2D eigenvalue weighted by Crippen LogP contribution is 2.47. The third-order valence-electron chi connectivity index (χ3n) is 8.59. The summed E-state index contributed by atoms with van der Waals surface area (Å²) in [5.41, 5.74) is 3.64. The Bertz CT molecular complexity index is 1680. The molecule has 218 valence electrons. The predicted molar refractivity (Wildman–Crippen MR) is 158 cm³/mol. The van der Waals surface area contributed by atoms with Crippen LogP contribution in [0.5, 0.6) is 11.5 Å². The van der Waals surface area contributed by atoms with Crippen molar-refractivity contribution in [3.8, 4) is 11.5 Å². The number of Topliss-reactive ketones (excluding diaryl/α,β-unsaturated/α-hetero) is 1. The number of pyridine rings is 1. The van der Waals surface area contributed by atoms with Crippen LogP contribution in [-0.4, -0.2) is 35.5 Å². The van der Waals surface area contributed by atoms with Crippen molar-refractivity contribution in [2.75, 3.05) is 7.11 Å². The van der Waals surface area contributed by atoms with Crippen molar-refractivity contribution >= 4 is 34.7 Å². The highest BCUT2D eigenvalue weighted by Gasteiger charge is 2.38. The number of ether oxygens (including phenoxy) is 3. The summed E-state index contributed by atoms with van der Waals surface area (Å²) in [6.45, 7) is 2.42. The van der Waals surface area contributed by atoms with Crippen molar-refractivity contribution in [2.24, 2.45) is 0 Å². The van der Waals surface area contributed by atoms with Gasteiger partial charge < -0.3 is 18.8 Å². The number of aromatic nitrogens is 1. The first-order valence-corrected chi connectivity index (χ1v) is 14.9. The van der Waals surface area contributed by atoms with Crippen molar-refractivity contribution in [1.82, 2.24) is 4.57 Å². The smallest absolute Gasteiger partial charge is 0.342 e. The van der Waals surface area contributed by atoms with E-state index in [4.69, 9.17) is 14.2 Å². The number of aryl methyl sites for hydroxylation is 2. The molecule has 1 aromatic heterocycles. The quantitative estimate of drug-likeness (QED) is 0.281. The SMILES string of the molecule is COc1c2c(cc3c1[C@H](c1cc4cccc5c4n(c1=O)CCC5)CC(=O)O3)C=CCCCC(=O)CCC[C@H](C)OC2=O. The van der Waals surface area contributed by atoms with E-state index in [1.165, 1.54) is 7.11 Å². The van der Waals surface area contributed by atoms with Crippen molar-refractivity contribution < 1.29 is 28.6 Å². The van der Waals surface area contributed by atoms with E-state index < -0.39 is 24.0 Å². The fourth-order valence-corrected chi connectivity index (χ4v) is 6.61. The van der Waals surface area contributed by atoms with Gasteiger partial charge in [0.05, 0.1) is 25.2 Å². The summed E-state index contributed by atoms with van der Waals surface area (Å²) in [7, 11) is 1.48. The van der Waals surface area contributed by atoms with Crippen LogP contribution in [-0.2, 0) is 27.3 Å². The Kier molecular flexibility index (Phi) is 7.71. The normalized spacial score (nSPS) is 21.1. The first kappa shape index (κ1) is 27.9. The van der Waals surface area contributed by atoms with Crippen LogP contribution in [0, 0.1) is 0 Å². The topological polar surface area (TPSA) is 101 Å². The fraction of sp³-hybridized carbons (Fsp3) is 0.412. The van der Waals surface area contributed by atoms with E-state index in [1.54, 1.807) is 12.1 Å². The molecule has 0 saturated carbocycles. The average molecular weight is 570 g/mol. The standard InChI is InChI=1S/C34H35NO7/c1-20-9-6-15-24(36)14-5-3-4-10-22-18-27-30(32(40-2)29(22)34(39)41-20)25(19-28(37)42-27)26-17-23-12-7-11-21-13-8-16-35(31(21)23)33(26)38/h4,7,10-12,17-18,20,25H,3,5-6,8-9,13-16,19H2,1-2H3/t20-,25-/m0/s1. The van der Waals surface area contributed by atoms with Crippen LogP contribution >= 0.6 is 0 Å².